The van der Waals surface area contributed by atoms with E-state index in [0.29, 0.717) is 5.56 Å². The van der Waals surface area contributed by atoms with Crippen molar-refractivity contribution in [1.82, 2.24) is 5.32 Å². The van der Waals surface area contributed by atoms with Crippen LogP contribution in [0.25, 0.3) is 0 Å². The van der Waals surface area contributed by atoms with Crippen LogP contribution in [-0.4, -0.2) is 5.91 Å². The first kappa shape index (κ1) is 12.1. The minimum atomic E-state index is -0.0834. The van der Waals surface area contributed by atoms with Crippen LogP contribution in [0, 0.1) is 0 Å². The van der Waals surface area contributed by atoms with E-state index in [1.165, 1.54) is 5.56 Å². The third-order valence-corrected chi connectivity index (χ3v) is 2.56. The van der Waals surface area contributed by atoms with Crippen molar-refractivity contribution < 1.29 is 4.79 Å². The van der Waals surface area contributed by atoms with Gasteiger partial charge in [0, 0.05) is 11.8 Å². The first-order valence-electron chi connectivity index (χ1n) is 5.91. The van der Waals surface area contributed by atoms with Gasteiger partial charge < -0.3 is 5.32 Å². The Balaban J connectivity index is 1.83. The summed E-state index contributed by atoms with van der Waals surface area (Å²) >= 11 is 0. The van der Waals surface area contributed by atoms with Gasteiger partial charge in [-0.25, -0.2) is 0 Å². The molecule has 0 bridgehead atoms. The second-order valence-electron chi connectivity index (χ2n) is 3.93. The highest BCUT2D eigenvalue weighted by Crippen LogP contribution is 2.00. The van der Waals surface area contributed by atoms with Gasteiger partial charge >= 0.3 is 0 Å². The molecule has 0 heterocycles. The lowest BCUT2D eigenvalue weighted by Gasteiger charge is -1.99. The molecule has 2 aromatic rings. The Bertz CT molecular complexity index is 517. The summed E-state index contributed by atoms with van der Waals surface area (Å²) < 4.78 is 0. The number of hydrogen-bond acceptors (Lipinski definition) is 1. The molecule has 2 rings (SSSR count). The average molecular weight is 237 g/mol. The third kappa shape index (κ3) is 3.59. The zero-order valence-corrected chi connectivity index (χ0v) is 10.0. The summed E-state index contributed by atoms with van der Waals surface area (Å²) in [6.07, 6.45) is 4.45. The van der Waals surface area contributed by atoms with Gasteiger partial charge in [0.1, 0.15) is 0 Å². The number of hydrogen-bond donors (Lipinski definition) is 1. The van der Waals surface area contributed by atoms with Crippen LogP contribution in [0.5, 0.6) is 0 Å². The van der Waals surface area contributed by atoms with Crippen LogP contribution in [0.1, 0.15) is 15.9 Å². The van der Waals surface area contributed by atoms with Crippen molar-refractivity contribution >= 4 is 5.91 Å². The molecule has 1 amide bonds. The molecule has 0 aliphatic rings. The maximum Gasteiger partial charge on any atom is 0.255 e. The fourth-order valence-corrected chi connectivity index (χ4v) is 1.62. The lowest BCUT2D eigenvalue weighted by atomic mass is 10.1. The molecule has 90 valence electrons. The van der Waals surface area contributed by atoms with Gasteiger partial charge in [-0.1, -0.05) is 54.6 Å². The monoisotopic (exact) mass is 237 g/mol. The second-order valence-corrected chi connectivity index (χ2v) is 3.93. The summed E-state index contributed by atoms with van der Waals surface area (Å²) in [4.78, 5) is 11.7. The maximum atomic E-state index is 11.7. The van der Waals surface area contributed by atoms with Crippen LogP contribution in [0.15, 0.2) is 72.9 Å². The summed E-state index contributed by atoms with van der Waals surface area (Å²) in [5.74, 6) is -0.0834. The molecule has 0 aromatic heterocycles. The molecular formula is C16H15NO. The Hall–Kier alpha value is -2.35. The Morgan fingerprint density at radius 2 is 1.56 bits per heavy atom. The van der Waals surface area contributed by atoms with Gasteiger partial charge in [-0.05, 0) is 24.1 Å². The molecule has 18 heavy (non-hydrogen) atoms. The topological polar surface area (TPSA) is 29.1 Å². The van der Waals surface area contributed by atoms with E-state index >= 15 is 0 Å². The highest BCUT2D eigenvalue weighted by Gasteiger charge is 2.00. The minimum Gasteiger partial charge on any atom is -0.329 e. The first-order chi connectivity index (χ1) is 8.86. The first-order valence-corrected chi connectivity index (χ1v) is 5.91. The summed E-state index contributed by atoms with van der Waals surface area (Å²) in [7, 11) is 0. The highest BCUT2D eigenvalue weighted by molar-refractivity contribution is 5.94. The predicted molar refractivity (Wildman–Crippen MR) is 73.2 cm³/mol. The number of rotatable bonds is 4. The zero-order chi connectivity index (χ0) is 12.6. The quantitative estimate of drug-likeness (QED) is 0.869. The molecule has 0 fully saturated rings. The number of nitrogens with one attached hydrogen (secondary N) is 1. The molecular weight excluding hydrogens is 222 g/mol. The Kier molecular flexibility index (Phi) is 4.31. The summed E-state index contributed by atoms with van der Waals surface area (Å²) in [6, 6.07) is 19.3. The van der Waals surface area contributed by atoms with E-state index in [9.17, 15) is 4.79 Å². The molecule has 0 saturated carbocycles. The van der Waals surface area contributed by atoms with Crippen molar-refractivity contribution in [3.05, 3.63) is 84.1 Å². The van der Waals surface area contributed by atoms with Crippen molar-refractivity contribution in [2.75, 3.05) is 0 Å². The molecule has 2 heteroatoms. The van der Waals surface area contributed by atoms with Gasteiger partial charge in [-0.3, -0.25) is 4.79 Å². The molecule has 0 aliphatic heterocycles. The molecule has 0 spiro atoms. The number of carbonyl (C=O) groups is 1. The number of amides is 1. The van der Waals surface area contributed by atoms with Crippen LogP contribution in [0.4, 0.5) is 0 Å². The Morgan fingerprint density at radius 3 is 2.22 bits per heavy atom. The fraction of sp³-hybridized carbons (Fsp3) is 0.0625. The van der Waals surface area contributed by atoms with Crippen molar-refractivity contribution in [2.45, 2.75) is 6.42 Å². The summed E-state index contributed by atoms with van der Waals surface area (Å²) in [6.45, 7) is 0. The third-order valence-electron chi connectivity index (χ3n) is 2.56. The summed E-state index contributed by atoms with van der Waals surface area (Å²) in [5, 5.41) is 2.75. The van der Waals surface area contributed by atoms with Crippen LogP contribution >= 0.6 is 0 Å². The average Bonchev–Trinajstić information content (AvgIpc) is 2.45. The smallest absolute Gasteiger partial charge is 0.255 e. The minimum absolute atomic E-state index is 0.0834. The van der Waals surface area contributed by atoms with Crippen LogP contribution in [-0.2, 0) is 6.42 Å². The van der Waals surface area contributed by atoms with E-state index in [2.05, 4.69) is 17.4 Å². The number of allylic oxidation sites excluding steroid dienone is 1. The van der Waals surface area contributed by atoms with E-state index in [4.69, 9.17) is 0 Å². The van der Waals surface area contributed by atoms with Crippen LogP contribution in [0.2, 0.25) is 0 Å². The largest absolute Gasteiger partial charge is 0.329 e. The van der Waals surface area contributed by atoms with Gasteiger partial charge in [0.05, 0.1) is 0 Å². The standard InChI is InChI=1S/C16H15NO/c18-16(15-11-5-2-6-12-15)17-13-7-10-14-8-3-1-4-9-14/h1-9,11-13H,10H2,(H,17,18)/b13-7-. The van der Waals surface area contributed by atoms with E-state index in [1.54, 1.807) is 18.3 Å². The zero-order valence-electron chi connectivity index (χ0n) is 10.0. The van der Waals surface area contributed by atoms with Gasteiger partial charge in [-0.15, -0.1) is 0 Å². The van der Waals surface area contributed by atoms with E-state index < -0.39 is 0 Å². The molecule has 2 nitrogen and oxygen atoms in total. The number of carbonyl (C=O) groups excluding carboxylic acids is 1. The predicted octanol–water partition coefficient (Wildman–Crippen LogP) is 3.17. The maximum absolute atomic E-state index is 11.7. The molecule has 2 aromatic carbocycles. The van der Waals surface area contributed by atoms with Crippen molar-refractivity contribution in [3.63, 3.8) is 0 Å². The molecule has 0 aliphatic carbocycles. The second kappa shape index (κ2) is 6.40. The van der Waals surface area contributed by atoms with Crippen LogP contribution < -0.4 is 5.32 Å². The SMILES string of the molecule is O=C(N/C=C\Cc1ccccc1)c1ccccc1. The molecule has 1 N–H and O–H groups in total. The molecule has 0 radical (unpaired) electrons. The molecule has 0 unspecified atom stereocenters. The van der Waals surface area contributed by atoms with Gasteiger partial charge in [-0.2, -0.15) is 0 Å². The van der Waals surface area contributed by atoms with E-state index in [0.717, 1.165) is 6.42 Å². The van der Waals surface area contributed by atoms with Crippen molar-refractivity contribution in [3.8, 4) is 0 Å². The van der Waals surface area contributed by atoms with Crippen LogP contribution in [0.3, 0.4) is 0 Å². The lowest BCUT2D eigenvalue weighted by Crippen LogP contribution is -2.16. The van der Waals surface area contributed by atoms with Gasteiger partial charge in [0.2, 0.25) is 0 Å². The van der Waals surface area contributed by atoms with Crippen molar-refractivity contribution in [1.29, 1.82) is 0 Å². The lowest BCUT2D eigenvalue weighted by molar-refractivity contribution is 0.0970. The Morgan fingerprint density at radius 1 is 0.944 bits per heavy atom. The van der Waals surface area contributed by atoms with Gasteiger partial charge in [0.15, 0.2) is 0 Å². The van der Waals surface area contributed by atoms with E-state index in [-0.39, 0.29) is 5.91 Å². The summed E-state index contributed by atoms with van der Waals surface area (Å²) in [5.41, 5.74) is 1.89. The Labute approximate surface area is 107 Å². The van der Waals surface area contributed by atoms with E-state index in [1.807, 2.05) is 42.5 Å². The normalized spacial score (nSPS) is 10.4. The molecule has 0 saturated heterocycles. The molecule has 0 atom stereocenters. The number of benzene rings is 2. The fourth-order valence-electron chi connectivity index (χ4n) is 1.62. The van der Waals surface area contributed by atoms with Crippen molar-refractivity contribution in [2.24, 2.45) is 0 Å². The highest BCUT2D eigenvalue weighted by atomic mass is 16.1. The van der Waals surface area contributed by atoms with Gasteiger partial charge in [0.25, 0.3) is 5.91 Å².